The van der Waals surface area contributed by atoms with Crippen molar-refractivity contribution in [1.29, 1.82) is 0 Å². The molecule has 174 valence electrons. The lowest BCUT2D eigenvalue weighted by Gasteiger charge is -2.16. The number of pyridine rings is 1. The number of halogens is 1. The summed E-state index contributed by atoms with van der Waals surface area (Å²) in [5.41, 5.74) is 8.07. The molecule has 35 heavy (non-hydrogen) atoms. The average molecular weight is 527 g/mol. The second-order valence-electron chi connectivity index (χ2n) is 8.59. The van der Waals surface area contributed by atoms with Crippen molar-refractivity contribution in [3.05, 3.63) is 76.2 Å². The van der Waals surface area contributed by atoms with E-state index in [-0.39, 0.29) is 0 Å². The van der Waals surface area contributed by atoms with Crippen molar-refractivity contribution in [3.63, 3.8) is 0 Å². The number of nitrogens with one attached hydrogen (secondary N) is 1. The zero-order valence-corrected chi connectivity index (χ0v) is 21.2. The molecule has 0 fully saturated rings. The summed E-state index contributed by atoms with van der Waals surface area (Å²) in [6.07, 6.45) is 0.810. The molecule has 1 N–H and O–H groups in total. The highest BCUT2D eigenvalue weighted by Crippen LogP contribution is 2.41. The molecular formula is C26H23BrN8. The number of aromatic amines is 1. The number of H-pyrrole nitrogens is 1. The van der Waals surface area contributed by atoms with Crippen LogP contribution in [0.3, 0.4) is 0 Å². The van der Waals surface area contributed by atoms with Gasteiger partial charge in [0.2, 0.25) is 5.82 Å². The summed E-state index contributed by atoms with van der Waals surface area (Å²) < 4.78 is 5.57. The first-order chi connectivity index (χ1) is 17.1. The fraction of sp³-hybridized carbons (Fsp3) is 0.192. The first-order valence-corrected chi connectivity index (χ1v) is 12.3. The number of nitrogens with zero attached hydrogens (tertiary/aromatic N) is 7. The number of imidazole rings is 1. The molecule has 6 rings (SSSR count). The Morgan fingerprint density at radius 3 is 2.49 bits per heavy atom. The Hall–Kier alpha value is -3.85. The summed E-state index contributed by atoms with van der Waals surface area (Å²) in [6, 6.07) is 18.6. The number of para-hydroxylation sites is 1. The maximum Gasteiger partial charge on any atom is 0.205 e. The van der Waals surface area contributed by atoms with Gasteiger partial charge in [-0.15, -0.1) is 10.2 Å². The summed E-state index contributed by atoms with van der Waals surface area (Å²) in [5, 5.41) is 16.0. The van der Waals surface area contributed by atoms with Crippen LogP contribution in [-0.2, 0) is 13.1 Å². The second kappa shape index (κ2) is 8.42. The summed E-state index contributed by atoms with van der Waals surface area (Å²) >= 11 is 3.92. The SMILES string of the molecule is CCc1nc2c(C)cc(C)nc2n1Cn1c(-c2ccccc2-c2nn[nH]n2)c(Br)c2ccccc21. The molecule has 0 bridgehead atoms. The van der Waals surface area contributed by atoms with Gasteiger partial charge >= 0.3 is 0 Å². The predicted molar refractivity (Wildman–Crippen MR) is 140 cm³/mol. The van der Waals surface area contributed by atoms with E-state index < -0.39 is 0 Å². The lowest BCUT2D eigenvalue weighted by Crippen LogP contribution is -2.13. The highest BCUT2D eigenvalue weighted by molar-refractivity contribution is 9.10. The lowest BCUT2D eigenvalue weighted by molar-refractivity contribution is 0.613. The van der Waals surface area contributed by atoms with Gasteiger partial charge in [-0.25, -0.2) is 9.97 Å². The molecule has 8 nitrogen and oxygen atoms in total. The molecule has 0 saturated heterocycles. The van der Waals surface area contributed by atoms with E-state index in [4.69, 9.17) is 9.97 Å². The van der Waals surface area contributed by atoms with Crippen LogP contribution in [0.25, 0.3) is 44.7 Å². The van der Waals surface area contributed by atoms with Gasteiger partial charge in [0.05, 0.1) is 15.7 Å². The molecule has 0 radical (unpaired) electrons. The predicted octanol–water partition coefficient (Wildman–Crippen LogP) is 5.68. The Morgan fingerprint density at radius 2 is 1.71 bits per heavy atom. The maximum atomic E-state index is 4.96. The van der Waals surface area contributed by atoms with Crippen LogP contribution < -0.4 is 0 Å². The van der Waals surface area contributed by atoms with E-state index in [0.717, 1.165) is 66.9 Å². The quantitative estimate of drug-likeness (QED) is 0.312. The minimum atomic E-state index is 0.555. The summed E-state index contributed by atoms with van der Waals surface area (Å²) in [6.45, 7) is 6.83. The van der Waals surface area contributed by atoms with Gasteiger partial charge in [0.1, 0.15) is 18.0 Å². The molecule has 0 saturated carbocycles. The minimum Gasteiger partial charge on any atom is -0.321 e. The van der Waals surface area contributed by atoms with E-state index in [1.54, 1.807) is 0 Å². The molecule has 0 aliphatic carbocycles. The second-order valence-corrected chi connectivity index (χ2v) is 9.39. The van der Waals surface area contributed by atoms with E-state index in [1.807, 2.05) is 25.1 Å². The molecule has 0 aliphatic heterocycles. The largest absolute Gasteiger partial charge is 0.321 e. The first kappa shape index (κ1) is 21.7. The van der Waals surface area contributed by atoms with E-state index in [2.05, 4.69) is 95.9 Å². The number of tetrazole rings is 1. The van der Waals surface area contributed by atoms with Crippen molar-refractivity contribution in [1.82, 2.24) is 39.7 Å². The molecular weight excluding hydrogens is 504 g/mol. The number of hydrogen-bond acceptors (Lipinski definition) is 5. The third kappa shape index (κ3) is 3.46. The normalized spacial score (nSPS) is 11.7. The highest BCUT2D eigenvalue weighted by atomic mass is 79.9. The van der Waals surface area contributed by atoms with Crippen LogP contribution in [0.2, 0.25) is 0 Å². The van der Waals surface area contributed by atoms with Crippen molar-refractivity contribution >= 4 is 38.0 Å². The maximum absolute atomic E-state index is 4.96. The number of aromatic nitrogens is 8. The number of benzene rings is 2. The molecule has 4 heterocycles. The van der Waals surface area contributed by atoms with Gasteiger partial charge in [0, 0.05) is 28.6 Å². The summed E-state index contributed by atoms with van der Waals surface area (Å²) in [4.78, 5) is 9.85. The standard InChI is InChI=1S/C26H23BrN8/c1-4-21-29-23-15(2)13-16(3)28-26(23)35(21)14-34-20-12-8-7-11-19(20)22(27)24(34)17-9-5-6-10-18(17)25-30-32-33-31-25/h5-13H,4,14H2,1-3H3,(H,30,31,32,33). The molecule has 9 heteroatoms. The van der Waals surface area contributed by atoms with Crippen molar-refractivity contribution in [2.24, 2.45) is 0 Å². The van der Waals surface area contributed by atoms with Crippen LogP contribution in [0.4, 0.5) is 0 Å². The fourth-order valence-corrected chi connectivity index (χ4v) is 5.60. The van der Waals surface area contributed by atoms with Crippen molar-refractivity contribution in [2.45, 2.75) is 33.9 Å². The molecule has 0 spiro atoms. The van der Waals surface area contributed by atoms with E-state index >= 15 is 0 Å². The van der Waals surface area contributed by atoms with Gasteiger partial charge in [0.25, 0.3) is 0 Å². The Bertz CT molecular complexity index is 1690. The molecule has 2 aromatic carbocycles. The van der Waals surface area contributed by atoms with Gasteiger partial charge in [-0.3, -0.25) is 4.57 Å². The van der Waals surface area contributed by atoms with Crippen molar-refractivity contribution in [3.8, 4) is 22.6 Å². The van der Waals surface area contributed by atoms with Crippen LogP contribution in [0.1, 0.15) is 24.0 Å². The van der Waals surface area contributed by atoms with E-state index in [0.29, 0.717) is 12.5 Å². The molecule has 4 aromatic heterocycles. The fourth-order valence-electron chi connectivity index (χ4n) is 4.84. The molecule has 0 amide bonds. The molecule has 6 aromatic rings. The van der Waals surface area contributed by atoms with Gasteiger partial charge in [-0.2, -0.15) is 5.21 Å². The van der Waals surface area contributed by atoms with Gasteiger partial charge in [-0.1, -0.05) is 49.4 Å². The van der Waals surface area contributed by atoms with Crippen LogP contribution in [-0.4, -0.2) is 39.7 Å². The first-order valence-electron chi connectivity index (χ1n) is 11.5. The van der Waals surface area contributed by atoms with Gasteiger partial charge in [-0.05, 0) is 52.7 Å². The number of aryl methyl sites for hydroxylation is 3. The Morgan fingerprint density at radius 1 is 0.943 bits per heavy atom. The van der Waals surface area contributed by atoms with E-state index in [1.165, 1.54) is 0 Å². The van der Waals surface area contributed by atoms with Crippen molar-refractivity contribution < 1.29 is 0 Å². The van der Waals surface area contributed by atoms with Crippen LogP contribution in [0.5, 0.6) is 0 Å². The van der Waals surface area contributed by atoms with E-state index in [9.17, 15) is 0 Å². The molecule has 0 unspecified atom stereocenters. The van der Waals surface area contributed by atoms with Crippen LogP contribution in [0.15, 0.2) is 59.1 Å². The monoisotopic (exact) mass is 526 g/mol. The van der Waals surface area contributed by atoms with Gasteiger partial charge in [0.15, 0.2) is 5.65 Å². The van der Waals surface area contributed by atoms with Crippen LogP contribution >= 0.6 is 15.9 Å². The third-order valence-corrected chi connectivity index (χ3v) is 7.18. The smallest absolute Gasteiger partial charge is 0.205 e. The molecule has 0 aliphatic rings. The number of hydrogen-bond donors (Lipinski definition) is 1. The Labute approximate surface area is 210 Å². The Kier molecular flexibility index (Phi) is 5.21. The topological polar surface area (TPSA) is 90.1 Å². The van der Waals surface area contributed by atoms with Gasteiger partial charge < -0.3 is 4.57 Å². The zero-order valence-electron chi connectivity index (χ0n) is 19.6. The van der Waals surface area contributed by atoms with Crippen molar-refractivity contribution in [2.75, 3.05) is 0 Å². The minimum absolute atomic E-state index is 0.555. The number of fused-ring (bicyclic) bond motifs is 2. The zero-order chi connectivity index (χ0) is 24.1. The average Bonchev–Trinajstić information content (AvgIpc) is 3.58. The highest BCUT2D eigenvalue weighted by Gasteiger charge is 2.23. The number of rotatable bonds is 5. The lowest BCUT2D eigenvalue weighted by atomic mass is 10.0. The summed E-state index contributed by atoms with van der Waals surface area (Å²) in [7, 11) is 0. The summed E-state index contributed by atoms with van der Waals surface area (Å²) in [5.74, 6) is 1.56. The Balaban J connectivity index is 1.65. The third-order valence-electron chi connectivity index (χ3n) is 6.38. The van der Waals surface area contributed by atoms with Crippen LogP contribution in [0, 0.1) is 13.8 Å². The molecule has 0 atom stereocenters.